The molecule has 0 saturated heterocycles. The molecule has 3 rings (SSSR count). The number of anilines is 1. The normalized spacial score (nSPS) is 13.2. The number of hydrogen-bond donors (Lipinski definition) is 1. The Morgan fingerprint density at radius 3 is 2.78 bits per heavy atom. The molecule has 1 N–H and O–H groups in total. The van der Waals surface area contributed by atoms with Gasteiger partial charge in [-0.15, -0.1) is 0 Å². The molecule has 0 atom stereocenters. The molecule has 2 aromatic carbocycles. The van der Waals surface area contributed by atoms with Gasteiger partial charge in [0.15, 0.2) is 0 Å². The van der Waals surface area contributed by atoms with E-state index in [0.717, 1.165) is 44.6 Å². The lowest BCUT2D eigenvalue weighted by atomic mass is 9.98. The molecule has 4 heteroatoms. The Kier molecular flexibility index (Phi) is 6.74. The third-order valence-electron chi connectivity index (χ3n) is 5.08. The van der Waals surface area contributed by atoms with E-state index in [1.807, 2.05) is 24.3 Å². The van der Waals surface area contributed by atoms with Gasteiger partial charge in [0, 0.05) is 31.4 Å². The van der Waals surface area contributed by atoms with Crippen LogP contribution in [0.2, 0.25) is 0 Å². The molecule has 1 aliphatic rings. The zero-order valence-corrected chi connectivity index (χ0v) is 16.5. The van der Waals surface area contributed by atoms with E-state index in [2.05, 4.69) is 42.4 Å². The van der Waals surface area contributed by atoms with E-state index in [4.69, 9.17) is 4.74 Å². The summed E-state index contributed by atoms with van der Waals surface area (Å²) in [6, 6.07) is 14.1. The van der Waals surface area contributed by atoms with Crippen molar-refractivity contribution >= 4 is 11.6 Å². The molecule has 1 amide bonds. The van der Waals surface area contributed by atoms with Crippen molar-refractivity contribution in [1.82, 2.24) is 5.32 Å². The summed E-state index contributed by atoms with van der Waals surface area (Å²) in [5.74, 6) is 0.784. The van der Waals surface area contributed by atoms with Gasteiger partial charge in [0.05, 0.1) is 6.61 Å². The first-order valence-electron chi connectivity index (χ1n) is 10.0. The molecule has 0 fully saturated rings. The number of aryl methyl sites for hydroxylation is 1. The molecule has 0 aliphatic carbocycles. The summed E-state index contributed by atoms with van der Waals surface area (Å²) < 4.78 is 5.64. The summed E-state index contributed by atoms with van der Waals surface area (Å²) >= 11 is 0. The van der Waals surface area contributed by atoms with Crippen LogP contribution in [0.4, 0.5) is 5.69 Å². The van der Waals surface area contributed by atoms with Crippen molar-refractivity contribution in [2.75, 3.05) is 31.6 Å². The zero-order chi connectivity index (χ0) is 19.1. The maximum atomic E-state index is 12.3. The lowest BCUT2D eigenvalue weighted by molar-refractivity contribution is 0.0954. The highest BCUT2D eigenvalue weighted by Gasteiger charge is 2.13. The van der Waals surface area contributed by atoms with E-state index in [1.165, 1.54) is 23.2 Å². The van der Waals surface area contributed by atoms with Gasteiger partial charge in [-0.3, -0.25) is 4.79 Å². The Balaban J connectivity index is 1.48. The zero-order valence-electron chi connectivity index (χ0n) is 16.5. The van der Waals surface area contributed by atoms with Crippen LogP contribution in [0.5, 0.6) is 5.75 Å². The van der Waals surface area contributed by atoms with Crippen LogP contribution in [0, 0.1) is 0 Å². The van der Waals surface area contributed by atoms with Crippen molar-refractivity contribution in [3.05, 3.63) is 59.2 Å². The molecule has 0 spiro atoms. The topological polar surface area (TPSA) is 41.6 Å². The predicted octanol–water partition coefficient (Wildman–Crippen LogP) is 4.22. The smallest absolute Gasteiger partial charge is 0.251 e. The fraction of sp³-hybridized carbons (Fsp3) is 0.435. The predicted molar refractivity (Wildman–Crippen MR) is 111 cm³/mol. The van der Waals surface area contributed by atoms with Crippen molar-refractivity contribution < 1.29 is 9.53 Å². The Labute approximate surface area is 162 Å². The molecule has 0 aromatic heterocycles. The van der Waals surface area contributed by atoms with E-state index in [9.17, 15) is 4.79 Å². The van der Waals surface area contributed by atoms with Gasteiger partial charge in [0.1, 0.15) is 5.75 Å². The van der Waals surface area contributed by atoms with E-state index in [-0.39, 0.29) is 5.91 Å². The monoisotopic (exact) mass is 366 g/mol. The van der Waals surface area contributed by atoms with Crippen molar-refractivity contribution in [1.29, 1.82) is 0 Å². The lowest BCUT2D eigenvalue weighted by Crippen LogP contribution is -2.26. The number of unbranched alkanes of at least 4 members (excludes halogenated alkanes) is 1. The SMILES string of the molecule is CCCCOc1ccc(C(=O)NCCc2ccc3c(c2)CCCN3C)cc1. The summed E-state index contributed by atoms with van der Waals surface area (Å²) in [7, 11) is 2.15. The second-order valence-corrected chi connectivity index (χ2v) is 7.22. The number of ether oxygens (including phenoxy) is 1. The second-order valence-electron chi connectivity index (χ2n) is 7.22. The van der Waals surface area contributed by atoms with Crippen molar-refractivity contribution in [3.8, 4) is 5.75 Å². The van der Waals surface area contributed by atoms with Crippen LogP contribution in [0.15, 0.2) is 42.5 Å². The molecular weight excluding hydrogens is 336 g/mol. The molecule has 0 unspecified atom stereocenters. The van der Waals surface area contributed by atoms with Crippen molar-refractivity contribution in [2.24, 2.45) is 0 Å². The fourth-order valence-electron chi connectivity index (χ4n) is 3.45. The van der Waals surface area contributed by atoms with E-state index in [0.29, 0.717) is 12.1 Å². The van der Waals surface area contributed by atoms with Crippen LogP contribution in [-0.2, 0) is 12.8 Å². The Hall–Kier alpha value is -2.49. The summed E-state index contributed by atoms with van der Waals surface area (Å²) in [6.45, 7) is 4.63. The highest BCUT2D eigenvalue weighted by atomic mass is 16.5. The minimum absolute atomic E-state index is 0.0344. The molecule has 27 heavy (non-hydrogen) atoms. The van der Waals surface area contributed by atoms with Crippen molar-refractivity contribution in [3.63, 3.8) is 0 Å². The number of nitrogens with one attached hydrogen (secondary N) is 1. The second kappa shape index (κ2) is 9.45. The molecular formula is C23H30N2O2. The maximum absolute atomic E-state index is 12.3. The van der Waals surface area contributed by atoms with Crippen LogP contribution >= 0.6 is 0 Å². The number of carbonyl (C=O) groups is 1. The number of benzene rings is 2. The lowest BCUT2D eigenvalue weighted by Gasteiger charge is -2.27. The quantitative estimate of drug-likeness (QED) is 0.711. The molecule has 1 heterocycles. The van der Waals surface area contributed by atoms with Crippen LogP contribution < -0.4 is 15.0 Å². The standard InChI is InChI=1S/C23H30N2O2/c1-3-4-16-27-21-10-8-19(9-11-21)23(26)24-14-13-18-7-12-22-20(17-18)6-5-15-25(22)2/h7-12,17H,3-6,13-16H2,1-2H3,(H,24,26). The summed E-state index contributed by atoms with van der Waals surface area (Å²) in [6.07, 6.45) is 5.36. The Bertz CT molecular complexity index is 755. The molecule has 1 aliphatic heterocycles. The highest BCUT2D eigenvalue weighted by molar-refractivity contribution is 5.94. The number of nitrogens with zero attached hydrogens (tertiary/aromatic N) is 1. The van der Waals surface area contributed by atoms with Crippen LogP contribution in [0.25, 0.3) is 0 Å². The number of hydrogen-bond acceptors (Lipinski definition) is 3. The number of rotatable bonds is 8. The third kappa shape index (κ3) is 5.25. The van der Waals surface area contributed by atoms with Crippen molar-refractivity contribution in [2.45, 2.75) is 39.0 Å². The van der Waals surface area contributed by atoms with Crippen LogP contribution in [0.1, 0.15) is 47.7 Å². The third-order valence-corrected chi connectivity index (χ3v) is 5.08. The van der Waals surface area contributed by atoms with E-state index >= 15 is 0 Å². The summed E-state index contributed by atoms with van der Waals surface area (Å²) in [5.41, 5.74) is 4.72. The number of fused-ring (bicyclic) bond motifs is 1. The number of carbonyl (C=O) groups excluding carboxylic acids is 1. The first-order valence-corrected chi connectivity index (χ1v) is 10.0. The Morgan fingerprint density at radius 2 is 2.00 bits per heavy atom. The molecule has 4 nitrogen and oxygen atoms in total. The van der Waals surface area contributed by atoms with Crippen LogP contribution in [-0.4, -0.2) is 32.7 Å². The first kappa shape index (κ1) is 19.3. The minimum atomic E-state index is -0.0344. The minimum Gasteiger partial charge on any atom is -0.494 e. The Morgan fingerprint density at radius 1 is 1.19 bits per heavy atom. The first-order chi connectivity index (χ1) is 13.2. The van der Waals surface area contributed by atoms with E-state index in [1.54, 1.807) is 0 Å². The molecule has 144 valence electrons. The average Bonchev–Trinajstić information content (AvgIpc) is 2.69. The molecule has 0 radical (unpaired) electrons. The van der Waals surface area contributed by atoms with Gasteiger partial charge in [-0.1, -0.05) is 25.5 Å². The van der Waals surface area contributed by atoms with Gasteiger partial charge in [-0.2, -0.15) is 0 Å². The van der Waals surface area contributed by atoms with Crippen LogP contribution in [0.3, 0.4) is 0 Å². The summed E-state index contributed by atoms with van der Waals surface area (Å²) in [5, 5.41) is 3.02. The van der Waals surface area contributed by atoms with Gasteiger partial charge in [-0.05, 0) is 67.1 Å². The number of amides is 1. The van der Waals surface area contributed by atoms with E-state index < -0.39 is 0 Å². The van der Waals surface area contributed by atoms with Gasteiger partial charge >= 0.3 is 0 Å². The van der Waals surface area contributed by atoms with Gasteiger partial charge in [0.25, 0.3) is 5.91 Å². The van der Waals surface area contributed by atoms with Gasteiger partial charge < -0.3 is 15.0 Å². The fourth-order valence-corrected chi connectivity index (χ4v) is 3.45. The van der Waals surface area contributed by atoms with Gasteiger partial charge in [-0.25, -0.2) is 0 Å². The highest BCUT2D eigenvalue weighted by Crippen LogP contribution is 2.26. The average molecular weight is 367 g/mol. The van der Waals surface area contributed by atoms with Gasteiger partial charge in [0.2, 0.25) is 0 Å². The molecule has 2 aromatic rings. The molecule has 0 bridgehead atoms. The maximum Gasteiger partial charge on any atom is 0.251 e. The molecule has 0 saturated carbocycles. The summed E-state index contributed by atoms with van der Waals surface area (Å²) in [4.78, 5) is 14.6. The largest absolute Gasteiger partial charge is 0.494 e.